The Bertz CT molecular complexity index is 1090. The van der Waals surface area contributed by atoms with E-state index in [9.17, 15) is 9.59 Å². The summed E-state index contributed by atoms with van der Waals surface area (Å²) in [5.41, 5.74) is 3.66. The summed E-state index contributed by atoms with van der Waals surface area (Å²) in [5, 5.41) is 3.49. The summed E-state index contributed by atoms with van der Waals surface area (Å²) in [5.74, 6) is -0.618. The Balaban J connectivity index is 1.34. The number of thiazole rings is 1. The third-order valence-corrected chi connectivity index (χ3v) is 6.05. The predicted molar refractivity (Wildman–Crippen MR) is 122 cm³/mol. The zero-order chi connectivity index (χ0) is 21.6. The standard InChI is InChI=1S/C24H23N3O3S/c1-30-23(29)19-10-7-17(8-11-19)9-12-22(28)26-24-25-20-13-14-27(16-21(20)31-24)15-18-5-3-2-4-6-18/h2-12H,13-16H2,1H3,(H,25,26,28)/b12-9+. The fourth-order valence-corrected chi connectivity index (χ4v) is 4.50. The van der Waals surface area contributed by atoms with E-state index in [1.807, 2.05) is 6.07 Å². The number of carbonyl (C=O) groups excluding carboxylic acids is 2. The van der Waals surface area contributed by atoms with Gasteiger partial charge in [-0.1, -0.05) is 42.5 Å². The molecule has 3 aromatic rings. The Morgan fingerprint density at radius 2 is 1.94 bits per heavy atom. The number of esters is 1. The molecular weight excluding hydrogens is 410 g/mol. The molecule has 1 N–H and O–H groups in total. The summed E-state index contributed by atoms with van der Waals surface area (Å²) in [6.45, 7) is 2.72. The highest BCUT2D eigenvalue weighted by Crippen LogP contribution is 2.29. The quantitative estimate of drug-likeness (QED) is 0.467. The number of ether oxygens (including phenoxy) is 1. The van der Waals surface area contributed by atoms with Crippen LogP contribution in [0.1, 0.15) is 32.1 Å². The number of anilines is 1. The molecule has 2 aromatic carbocycles. The number of nitrogens with one attached hydrogen (secondary N) is 1. The van der Waals surface area contributed by atoms with E-state index in [2.05, 4.69) is 44.2 Å². The molecule has 0 fully saturated rings. The Hall–Kier alpha value is -3.29. The van der Waals surface area contributed by atoms with Crippen molar-refractivity contribution in [2.45, 2.75) is 19.5 Å². The lowest BCUT2D eigenvalue weighted by Crippen LogP contribution is -2.29. The van der Waals surface area contributed by atoms with Gasteiger partial charge in [0.2, 0.25) is 5.91 Å². The zero-order valence-electron chi connectivity index (χ0n) is 17.2. The van der Waals surface area contributed by atoms with Crippen molar-refractivity contribution in [1.82, 2.24) is 9.88 Å². The third-order valence-electron chi connectivity index (χ3n) is 5.05. The van der Waals surface area contributed by atoms with Crippen LogP contribution < -0.4 is 5.32 Å². The fraction of sp³-hybridized carbons (Fsp3) is 0.208. The molecule has 0 saturated carbocycles. The molecule has 7 heteroatoms. The molecule has 0 aliphatic carbocycles. The molecule has 0 spiro atoms. The van der Waals surface area contributed by atoms with Crippen LogP contribution in [-0.2, 0) is 29.0 Å². The van der Waals surface area contributed by atoms with Crippen molar-refractivity contribution < 1.29 is 14.3 Å². The van der Waals surface area contributed by atoms with E-state index < -0.39 is 0 Å². The van der Waals surface area contributed by atoms with Crippen LogP contribution in [0.4, 0.5) is 5.13 Å². The molecule has 0 radical (unpaired) electrons. The number of hydrogen-bond acceptors (Lipinski definition) is 6. The summed E-state index contributed by atoms with van der Waals surface area (Å²) in [4.78, 5) is 32.0. The van der Waals surface area contributed by atoms with Crippen molar-refractivity contribution in [2.75, 3.05) is 19.0 Å². The van der Waals surface area contributed by atoms with Gasteiger partial charge in [-0.05, 0) is 29.3 Å². The number of carbonyl (C=O) groups is 2. The molecule has 1 aliphatic rings. The van der Waals surface area contributed by atoms with Crippen molar-refractivity contribution in [3.05, 3.63) is 87.9 Å². The smallest absolute Gasteiger partial charge is 0.337 e. The monoisotopic (exact) mass is 433 g/mol. The lowest BCUT2D eigenvalue weighted by Gasteiger charge is -2.25. The molecule has 0 bridgehead atoms. The Kier molecular flexibility index (Phi) is 6.54. The molecule has 158 valence electrons. The highest BCUT2D eigenvalue weighted by atomic mass is 32.1. The lowest BCUT2D eigenvalue weighted by molar-refractivity contribution is -0.111. The second kappa shape index (κ2) is 9.68. The van der Waals surface area contributed by atoms with Gasteiger partial charge >= 0.3 is 5.97 Å². The number of fused-ring (bicyclic) bond motifs is 1. The third kappa shape index (κ3) is 5.45. The molecule has 6 nitrogen and oxygen atoms in total. The van der Waals surface area contributed by atoms with Gasteiger partial charge in [-0.2, -0.15) is 0 Å². The SMILES string of the molecule is COC(=O)c1ccc(/C=C/C(=O)Nc2nc3c(s2)CN(Cc2ccccc2)CC3)cc1. The van der Waals surface area contributed by atoms with Crippen LogP contribution in [0.3, 0.4) is 0 Å². The van der Waals surface area contributed by atoms with Gasteiger partial charge in [0.25, 0.3) is 0 Å². The van der Waals surface area contributed by atoms with E-state index in [0.717, 1.165) is 37.3 Å². The van der Waals surface area contributed by atoms with E-state index >= 15 is 0 Å². The Morgan fingerprint density at radius 3 is 2.68 bits per heavy atom. The number of nitrogens with zero attached hydrogens (tertiary/aromatic N) is 2. The topological polar surface area (TPSA) is 71.5 Å². The average molecular weight is 434 g/mol. The van der Waals surface area contributed by atoms with Crippen molar-refractivity contribution in [1.29, 1.82) is 0 Å². The van der Waals surface area contributed by atoms with Crippen LogP contribution in [-0.4, -0.2) is 35.4 Å². The maximum absolute atomic E-state index is 12.3. The highest BCUT2D eigenvalue weighted by molar-refractivity contribution is 7.15. The van der Waals surface area contributed by atoms with Crippen molar-refractivity contribution in [2.24, 2.45) is 0 Å². The molecule has 1 amide bonds. The molecular formula is C24H23N3O3S. The fourth-order valence-electron chi connectivity index (χ4n) is 3.45. The normalized spacial score (nSPS) is 13.7. The summed E-state index contributed by atoms with van der Waals surface area (Å²) in [7, 11) is 1.34. The van der Waals surface area contributed by atoms with Crippen LogP contribution in [0.5, 0.6) is 0 Å². The van der Waals surface area contributed by atoms with Crippen LogP contribution in [0, 0.1) is 0 Å². The van der Waals surface area contributed by atoms with Gasteiger partial charge in [0.05, 0.1) is 18.4 Å². The maximum atomic E-state index is 12.3. The summed E-state index contributed by atoms with van der Waals surface area (Å²) >= 11 is 1.54. The van der Waals surface area contributed by atoms with Gasteiger partial charge in [-0.15, -0.1) is 11.3 Å². The van der Waals surface area contributed by atoms with Crippen LogP contribution in [0.25, 0.3) is 6.08 Å². The highest BCUT2D eigenvalue weighted by Gasteiger charge is 2.21. The van der Waals surface area contributed by atoms with Crippen LogP contribution in [0.15, 0.2) is 60.7 Å². The van der Waals surface area contributed by atoms with E-state index in [1.54, 1.807) is 30.3 Å². The van der Waals surface area contributed by atoms with Crippen molar-refractivity contribution in [3.8, 4) is 0 Å². The molecule has 1 aromatic heterocycles. The van der Waals surface area contributed by atoms with E-state index in [1.165, 1.54) is 35.0 Å². The van der Waals surface area contributed by atoms with Crippen LogP contribution in [0.2, 0.25) is 0 Å². The first kappa shape index (κ1) is 21.0. The molecule has 0 atom stereocenters. The molecule has 31 heavy (non-hydrogen) atoms. The Labute approximate surface area is 185 Å². The van der Waals surface area contributed by atoms with Gasteiger partial charge in [0, 0.05) is 37.0 Å². The summed E-state index contributed by atoms with van der Waals surface area (Å²) < 4.78 is 4.68. The first-order valence-corrected chi connectivity index (χ1v) is 10.8. The maximum Gasteiger partial charge on any atom is 0.337 e. The van der Waals surface area contributed by atoms with Crippen LogP contribution >= 0.6 is 11.3 Å². The number of methoxy groups -OCH3 is 1. The first-order valence-electron chi connectivity index (χ1n) is 10.0. The van der Waals surface area contributed by atoms with Gasteiger partial charge < -0.3 is 4.74 Å². The van der Waals surface area contributed by atoms with Crippen molar-refractivity contribution >= 4 is 34.4 Å². The zero-order valence-corrected chi connectivity index (χ0v) is 18.0. The summed E-state index contributed by atoms with van der Waals surface area (Å²) in [6, 6.07) is 17.3. The molecule has 0 unspecified atom stereocenters. The second-order valence-corrected chi connectivity index (χ2v) is 8.35. The van der Waals surface area contributed by atoms with Gasteiger partial charge in [-0.25, -0.2) is 9.78 Å². The predicted octanol–water partition coefficient (Wildman–Crippen LogP) is 4.14. The summed E-state index contributed by atoms with van der Waals surface area (Å²) in [6.07, 6.45) is 4.05. The number of aromatic nitrogens is 1. The molecule has 4 rings (SSSR count). The van der Waals surface area contributed by atoms with Gasteiger partial charge in [0.1, 0.15) is 0 Å². The molecule has 0 saturated heterocycles. The van der Waals surface area contributed by atoms with Crippen molar-refractivity contribution in [3.63, 3.8) is 0 Å². The number of hydrogen-bond donors (Lipinski definition) is 1. The average Bonchev–Trinajstić information content (AvgIpc) is 3.19. The van der Waals surface area contributed by atoms with E-state index in [4.69, 9.17) is 0 Å². The molecule has 1 aliphatic heterocycles. The Morgan fingerprint density at radius 1 is 1.16 bits per heavy atom. The van der Waals surface area contributed by atoms with E-state index in [-0.39, 0.29) is 11.9 Å². The minimum absolute atomic E-state index is 0.232. The second-order valence-electron chi connectivity index (χ2n) is 7.27. The van der Waals surface area contributed by atoms with E-state index in [0.29, 0.717) is 10.7 Å². The first-order chi connectivity index (χ1) is 15.1. The number of benzene rings is 2. The number of rotatable bonds is 6. The number of amides is 1. The van der Waals surface area contributed by atoms with Gasteiger partial charge in [0.15, 0.2) is 5.13 Å². The van der Waals surface area contributed by atoms with Gasteiger partial charge in [-0.3, -0.25) is 15.0 Å². The molecule has 2 heterocycles. The minimum atomic E-state index is -0.386. The lowest BCUT2D eigenvalue weighted by atomic mass is 10.1. The largest absolute Gasteiger partial charge is 0.465 e. The minimum Gasteiger partial charge on any atom is -0.465 e.